The van der Waals surface area contributed by atoms with Gasteiger partial charge in [-0.3, -0.25) is 5.10 Å². The summed E-state index contributed by atoms with van der Waals surface area (Å²) in [6, 6.07) is 6.02. The summed E-state index contributed by atoms with van der Waals surface area (Å²) in [6.45, 7) is 2.86. The summed E-state index contributed by atoms with van der Waals surface area (Å²) in [5, 5.41) is 20.8. The van der Waals surface area contributed by atoms with Crippen molar-refractivity contribution in [2.24, 2.45) is 22.4 Å². The first kappa shape index (κ1) is 20.3. The number of aromatic amines is 1. The number of guanidine groups is 1. The van der Waals surface area contributed by atoms with Crippen LogP contribution in [0.3, 0.4) is 0 Å². The van der Waals surface area contributed by atoms with Crippen molar-refractivity contribution in [1.29, 1.82) is 0 Å². The van der Waals surface area contributed by atoms with Crippen LogP contribution in [-0.2, 0) is 0 Å². The Hall–Kier alpha value is -3.00. The van der Waals surface area contributed by atoms with E-state index in [1.54, 1.807) is 24.5 Å². The van der Waals surface area contributed by atoms with Crippen molar-refractivity contribution in [2.75, 3.05) is 19.6 Å². The SMILES string of the molecule is NC(=N/C=C(\N)c1ccc(-c2cn[nH]c2)cc1O)N1CCC(CNC2CCCC2)C1. The smallest absolute Gasteiger partial charge is 0.195 e. The van der Waals surface area contributed by atoms with Gasteiger partial charge in [0.2, 0.25) is 0 Å². The van der Waals surface area contributed by atoms with E-state index in [4.69, 9.17) is 11.5 Å². The Bertz CT molecular complexity index is 900. The molecule has 8 heteroatoms. The van der Waals surface area contributed by atoms with Crippen LogP contribution >= 0.6 is 0 Å². The summed E-state index contributed by atoms with van der Waals surface area (Å²) in [5.41, 5.74) is 15.0. The van der Waals surface area contributed by atoms with Crippen molar-refractivity contribution in [3.8, 4) is 16.9 Å². The molecule has 2 heterocycles. The van der Waals surface area contributed by atoms with Crippen molar-refractivity contribution in [2.45, 2.75) is 38.1 Å². The summed E-state index contributed by atoms with van der Waals surface area (Å²) in [7, 11) is 0. The summed E-state index contributed by atoms with van der Waals surface area (Å²) >= 11 is 0. The van der Waals surface area contributed by atoms with E-state index < -0.39 is 0 Å². The fourth-order valence-electron chi connectivity index (χ4n) is 4.32. The minimum atomic E-state index is 0.0930. The summed E-state index contributed by atoms with van der Waals surface area (Å²) in [5.74, 6) is 1.16. The highest BCUT2D eigenvalue weighted by molar-refractivity contribution is 5.80. The van der Waals surface area contributed by atoms with Gasteiger partial charge in [-0.15, -0.1) is 0 Å². The summed E-state index contributed by atoms with van der Waals surface area (Å²) in [6.07, 6.45) is 11.4. The molecule has 160 valence electrons. The number of nitrogens with one attached hydrogen (secondary N) is 2. The van der Waals surface area contributed by atoms with Gasteiger partial charge < -0.3 is 26.8 Å². The van der Waals surface area contributed by atoms with Gasteiger partial charge in [-0.25, -0.2) is 4.99 Å². The fraction of sp³-hybridized carbons (Fsp3) is 0.455. The average molecular weight is 410 g/mol. The topological polar surface area (TPSA) is 129 Å². The molecule has 1 atom stereocenters. The highest BCUT2D eigenvalue weighted by Crippen LogP contribution is 2.28. The van der Waals surface area contributed by atoms with Crippen LogP contribution in [0.15, 0.2) is 41.8 Å². The number of nitrogens with two attached hydrogens (primary N) is 2. The monoisotopic (exact) mass is 409 g/mol. The number of H-pyrrole nitrogens is 1. The molecule has 2 fully saturated rings. The molecule has 0 amide bonds. The van der Waals surface area contributed by atoms with E-state index in [0.717, 1.165) is 37.2 Å². The van der Waals surface area contributed by atoms with Gasteiger partial charge in [-0.05, 0) is 49.4 Å². The predicted molar refractivity (Wildman–Crippen MR) is 119 cm³/mol. The predicted octanol–water partition coefficient (Wildman–Crippen LogP) is 2.21. The Morgan fingerprint density at radius 1 is 1.27 bits per heavy atom. The number of phenolic OH excluding ortho intramolecular Hbond substituents is 1. The van der Waals surface area contributed by atoms with E-state index in [2.05, 4.69) is 25.4 Å². The number of likely N-dealkylation sites (tertiary alicyclic amines) is 1. The lowest BCUT2D eigenvalue weighted by Crippen LogP contribution is -2.37. The summed E-state index contributed by atoms with van der Waals surface area (Å²) in [4.78, 5) is 6.46. The minimum absolute atomic E-state index is 0.0930. The number of hydrogen-bond donors (Lipinski definition) is 5. The minimum Gasteiger partial charge on any atom is -0.507 e. The molecule has 0 radical (unpaired) electrons. The highest BCUT2D eigenvalue weighted by atomic mass is 16.3. The molecule has 1 aromatic heterocycles. The maximum absolute atomic E-state index is 10.4. The van der Waals surface area contributed by atoms with E-state index in [1.165, 1.54) is 31.9 Å². The van der Waals surface area contributed by atoms with E-state index in [-0.39, 0.29) is 5.75 Å². The first-order valence-corrected chi connectivity index (χ1v) is 10.7. The van der Waals surface area contributed by atoms with E-state index in [0.29, 0.717) is 29.2 Å². The quantitative estimate of drug-likeness (QED) is 0.367. The first-order valence-electron chi connectivity index (χ1n) is 10.7. The Morgan fingerprint density at radius 3 is 2.83 bits per heavy atom. The Balaban J connectivity index is 1.35. The standard InChI is InChI=1S/C22H31N7O/c23-20(19-6-5-16(9-21(19)30)17-11-27-28-12-17)13-26-22(24)29-8-7-15(14-29)10-25-18-3-1-2-4-18/h5-6,9,11-13,15,18,25,30H,1-4,7-8,10,14,23H2,(H2,24,26)(H,27,28)/b20-13-. The molecule has 2 aliphatic rings. The van der Waals surface area contributed by atoms with Crippen LogP contribution < -0.4 is 16.8 Å². The largest absolute Gasteiger partial charge is 0.507 e. The zero-order valence-corrected chi connectivity index (χ0v) is 17.2. The molecule has 1 saturated heterocycles. The molecule has 0 bridgehead atoms. The van der Waals surface area contributed by atoms with E-state index in [1.807, 2.05) is 6.07 Å². The van der Waals surface area contributed by atoms with Crippen LogP contribution in [0.25, 0.3) is 16.8 Å². The molecule has 1 aliphatic carbocycles. The van der Waals surface area contributed by atoms with Gasteiger partial charge in [-0.2, -0.15) is 5.10 Å². The number of hydrogen-bond acceptors (Lipinski definition) is 5. The molecule has 1 aliphatic heterocycles. The third kappa shape index (κ3) is 4.76. The second-order valence-corrected chi connectivity index (χ2v) is 8.28. The molecule has 0 spiro atoms. The molecule has 1 unspecified atom stereocenters. The normalized spacial score (nSPS) is 20.9. The number of aromatic nitrogens is 2. The molecule has 30 heavy (non-hydrogen) atoms. The molecule has 1 aromatic carbocycles. The number of aliphatic imine (C=N–C) groups is 1. The lowest BCUT2D eigenvalue weighted by molar-refractivity contribution is 0.422. The Kier molecular flexibility index (Phi) is 6.23. The lowest BCUT2D eigenvalue weighted by atomic mass is 10.0. The van der Waals surface area contributed by atoms with Gasteiger partial charge in [-0.1, -0.05) is 18.9 Å². The number of rotatable bonds is 6. The summed E-state index contributed by atoms with van der Waals surface area (Å²) < 4.78 is 0. The molecular formula is C22H31N7O. The molecule has 2 aromatic rings. The highest BCUT2D eigenvalue weighted by Gasteiger charge is 2.25. The van der Waals surface area contributed by atoms with E-state index in [9.17, 15) is 5.11 Å². The Morgan fingerprint density at radius 2 is 2.10 bits per heavy atom. The van der Waals surface area contributed by atoms with Crippen LogP contribution in [0.5, 0.6) is 5.75 Å². The maximum Gasteiger partial charge on any atom is 0.195 e. The molecule has 8 nitrogen and oxygen atoms in total. The third-order valence-electron chi connectivity index (χ3n) is 6.14. The van der Waals surface area contributed by atoms with Crippen LogP contribution in [0, 0.1) is 5.92 Å². The third-order valence-corrected chi connectivity index (χ3v) is 6.14. The van der Waals surface area contributed by atoms with Crippen LogP contribution in [-0.4, -0.2) is 51.8 Å². The Labute approximate surface area is 177 Å². The number of phenols is 1. The van der Waals surface area contributed by atoms with Crippen LogP contribution in [0.2, 0.25) is 0 Å². The van der Waals surface area contributed by atoms with Crippen molar-refractivity contribution >= 4 is 11.7 Å². The fourth-order valence-corrected chi connectivity index (χ4v) is 4.32. The molecular weight excluding hydrogens is 378 g/mol. The number of aromatic hydroxyl groups is 1. The van der Waals surface area contributed by atoms with Gasteiger partial charge in [0.1, 0.15) is 5.75 Å². The lowest BCUT2D eigenvalue weighted by Gasteiger charge is -2.18. The van der Waals surface area contributed by atoms with Crippen molar-refractivity contribution in [3.63, 3.8) is 0 Å². The molecule has 1 saturated carbocycles. The second kappa shape index (κ2) is 9.21. The van der Waals surface area contributed by atoms with E-state index >= 15 is 0 Å². The maximum atomic E-state index is 10.4. The van der Waals surface area contributed by atoms with Crippen molar-refractivity contribution in [3.05, 3.63) is 42.4 Å². The van der Waals surface area contributed by atoms with Gasteiger partial charge in [0, 0.05) is 36.5 Å². The van der Waals surface area contributed by atoms with Crippen molar-refractivity contribution < 1.29 is 5.11 Å². The van der Waals surface area contributed by atoms with Gasteiger partial charge in [0.15, 0.2) is 5.96 Å². The zero-order chi connectivity index (χ0) is 20.9. The van der Waals surface area contributed by atoms with Gasteiger partial charge in [0.25, 0.3) is 0 Å². The average Bonchev–Trinajstić information content (AvgIpc) is 3.52. The second-order valence-electron chi connectivity index (χ2n) is 8.28. The number of benzene rings is 1. The number of nitrogens with zero attached hydrogens (tertiary/aromatic N) is 3. The molecule has 7 N–H and O–H groups in total. The van der Waals surface area contributed by atoms with Gasteiger partial charge >= 0.3 is 0 Å². The van der Waals surface area contributed by atoms with Crippen molar-refractivity contribution in [1.82, 2.24) is 20.4 Å². The first-order chi connectivity index (χ1) is 14.6. The van der Waals surface area contributed by atoms with Gasteiger partial charge in [0.05, 0.1) is 18.1 Å². The van der Waals surface area contributed by atoms with Crippen LogP contribution in [0.1, 0.15) is 37.7 Å². The molecule has 4 rings (SSSR count). The van der Waals surface area contributed by atoms with Crippen LogP contribution in [0.4, 0.5) is 0 Å². The zero-order valence-electron chi connectivity index (χ0n) is 17.2.